The standard InChI is InChI=1S/C14H18N8O2/c1-4-14(19-20-15)10(3)9(2)12(24-14)21-6-5-11(18-13(21)23)22-8-16-7-17-22/h5-10,12H,4H2,1-3H3/t9-,10+,12-,14-/m1/s1. The lowest BCUT2D eigenvalue weighted by atomic mass is 9.87. The number of hydrogen-bond donors (Lipinski definition) is 0. The monoisotopic (exact) mass is 330 g/mol. The van der Waals surface area contributed by atoms with Gasteiger partial charge >= 0.3 is 5.69 Å². The van der Waals surface area contributed by atoms with Crippen LogP contribution in [0.2, 0.25) is 0 Å². The fraction of sp³-hybridized carbons (Fsp3) is 0.571. The molecule has 4 atom stereocenters. The molecule has 0 unspecified atom stereocenters. The van der Waals surface area contributed by atoms with E-state index in [1.807, 2.05) is 20.8 Å². The average Bonchev–Trinajstić information content (AvgIpc) is 3.19. The molecule has 0 aliphatic carbocycles. The topological polar surface area (TPSA) is 124 Å². The Morgan fingerprint density at radius 1 is 1.50 bits per heavy atom. The van der Waals surface area contributed by atoms with Crippen LogP contribution in [-0.4, -0.2) is 30.0 Å². The smallest absolute Gasteiger partial charge is 0.345 e. The fourth-order valence-electron chi connectivity index (χ4n) is 3.11. The first-order valence-corrected chi connectivity index (χ1v) is 7.70. The number of ether oxygens (including phenoxy) is 1. The van der Waals surface area contributed by atoms with Crippen molar-refractivity contribution in [3.05, 3.63) is 45.8 Å². The molecule has 1 aliphatic heterocycles. The molecule has 0 spiro atoms. The highest BCUT2D eigenvalue weighted by Gasteiger charge is 2.50. The van der Waals surface area contributed by atoms with Crippen molar-refractivity contribution >= 4 is 0 Å². The third-order valence-corrected chi connectivity index (χ3v) is 4.74. The molecule has 2 aromatic heterocycles. The Hall–Kier alpha value is -2.71. The van der Waals surface area contributed by atoms with Crippen LogP contribution in [-0.2, 0) is 4.74 Å². The summed E-state index contributed by atoms with van der Waals surface area (Å²) < 4.78 is 8.86. The van der Waals surface area contributed by atoms with Crippen LogP contribution in [0.5, 0.6) is 0 Å². The number of rotatable bonds is 4. The molecule has 10 nitrogen and oxygen atoms in total. The van der Waals surface area contributed by atoms with E-state index in [4.69, 9.17) is 10.3 Å². The van der Waals surface area contributed by atoms with Gasteiger partial charge in [-0.2, -0.15) is 10.1 Å². The maximum atomic E-state index is 12.4. The quantitative estimate of drug-likeness (QED) is 0.482. The van der Waals surface area contributed by atoms with Gasteiger partial charge in [0.2, 0.25) is 0 Å². The van der Waals surface area contributed by atoms with Gasteiger partial charge in [0.05, 0.1) is 0 Å². The largest absolute Gasteiger partial charge is 0.351 e. The lowest BCUT2D eigenvalue weighted by Crippen LogP contribution is -2.32. The molecule has 0 saturated carbocycles. The predicted octanol–water partition coefficient (Wildman–Crippen LogP) is 2.04. The van der Waals surface area contributed by atoms with Crippen LogP contribution in [0.4, 0.5) is 0 Å². The SMILES string of the molecule is CC[C@@]1(N=[N+]=[N-])O[C@@H](n2ccc(-n3cncn3)nc2=O)[C@H](C)[C@@H]1C. The van der Waals surface area contributed by atoms with Crippen LogP contribution in [0.25, 0.3) is 16.3 Å². The molecule has 0 N–H and O–H groups in total. The van der Waals surface area contributed by atoms with Crippen molar-refractivity contribution in [3.8, 4) is 5.82 Å². The molecule has 3 heterocycles. The van der Waals surface area contributed by atoms with Crippen molar-refractivity contribution < 1.29 is 4.74 Å². The predicted molar refractivity (Wildman–Crippen MR) is 84.0 cm³/mol. The summed E-state index contributed by atoms with van der Waals surface area (Å²) in [6.45, 7) is 5.83. The zero-order chi connectivity index (χ0) is 17.3. The molecule has 0 bridgehead atoms. The first-order valence-electron chi connectivity index (χ1n) is 7.70. The second kappa shape index (κ2) is 6.06. The van der Waals surface area contributed by atoms with E-state index >= 15 is 0 Å². The normalized spacial score (nSPS) is 29.4. The summed E-state index contributed by atoms with van der Waals surface area (Å²) in [4.78, 5) is 23.2. The minimum Gasteiger partial charge on any atom is -0.345 e. The van der Waals surface area contributed by atoms with Crippen molar-refractivity contribution in [2.24, 2.45) is 17.0 Å². The Morgan fingerprint density at radius 2 is 2.29 bits per heavy atom. The Balaban J connectivity index is 1.98. The molecule has 10 heteroatoms. The average molecular weight is 330 g/mol. The van der Waals surface area contributed by atoms with Gasteiger partial charge < -0.3 is 4.74 Å². The van der Waals surface area contributed by atoms with Gasteiger partial charge in [-0.1, -0.05) is 25.9 Å². The van der Waals surface area contributed by atoms with E-state index < -0.39 is 17.6 Å². The van der Waals surface area contributed by atoms with Crippen molar-refractivity contribution in [1.29, 1.82) is 0 Å². The molecule has 1 fully saturated rings. The highest BCUT2D eigenvalue weighted by molar-refractivity contribution is 5.16. The maximum Gasteiger partial charge on any atom is 0.351 e. The summed E-state index contributed by atoms with van der Waals surface area (Å²) in [5, 5.41) is 7.82. The molecule has 24 heavy (non-hydrogen) atoms. The van der Waals surface area contributed by atoms with Gasteiger partial charge in [-0.15, -0.1) is 0 Å². The van der Waals surface area contributed by atoms with E-state index in [-0.39, 0.29) is 11.8 Å². The molecular formula is C14H18N8O2. The lowest BCUT2D eigenvalue weighted by molar-refractivity contribution is -0.0858. The third kappa shape index (κ3) is 2.45. The van der Waals surface area contributed by atoms with E-state index in [2.05, 4.69) is 25.1 Å². The van der Waals surface area contributed by atoms with E-state index in [1.54, 1.807) is 12.3 Å². The first kappa shape index (κ1) is 16.2. The molecule has 3 rings (SSSR count). The van der Waals surface area contributed by atoms with Crippen molar-refractivity contribution in [1.82, 2.24) is 24.3 Å². The molecule has 0 amide bonds. The van der Waals surface area contributed by atoms with Crippen molar-refractivity contribution in [2.45, 2.75) is 39.1 Å². The number of azide groups is 1. The van der Waals surface area contributed by atoms with Crippen LogP contribution in [0, 0.1) is 11.8 Å². The van der Waals surface area contributed by atoms with Gasteiger partial charge in [-0.25, -0.2) is 14.5 Å². The van der Waals surface area contributed by atoms with Crippen LogP contribution in [0.3, 0.4) is 0 Å². The zero-order valence-electron chi connectivity index (χ0n) is 13.6. The Bertz CT molecular complexity index is 826. The van der Waals surface area contributed by atoms with Crippen LogP contribution < -0.4 is 5.69 Å². The number of hydrogen-bond acceptors (Lipinski definition) is 6. The summed E-state index contributed by atoms with van der Waals surface area (Å²) in [7, 11) is 0. The van der Waals surface area contributed by atoms with Gasteiger partial charge in [-0.3, -0.25) is 4.57 Å². The van der Waals surface area contributed by atoms with Gasteiger partial charge in [0.25, 0.3) is 0 Å². The van der Waals surface area contributed by atoms with E-state index in [0.29, 0.717) is 12.2 Å². The molecular weight excluding hydrogens is 312 g/mol. The third-order valence-electron chi connectivity index (χ3n) is 4.74. The van der Waals surface area contributed by atoms with Gasteiger partial charge in [-0.05, 0) is 23.9 Å². The van der Waals surface area contributed by atoms with Crippen LogP contribution in [0.15, 0.2) is 34.8 Å². The van der Waals surface area contributed by atoms with E-state index in [0.717, 1.165) is 0 Å². The summed E-state index contributed by atoms with van der Waals surface area (Å²) in [6, 6.07) is 1.66. The Morgan fingerprint density at radius 3 is 2.88 bits per heavy atom. The first-order chi connectivity index (χ1) is 11.5. The second-order valence-electron chi connectivity index (χ2n) is 5.86. The van der Waals surface area contributed by atoms with Gasteiger partial charge in [0, 0.05) is 17.0 Å². The zero-order valence-corrected chi connectivity index (χ0v) is 13.6. The minimum absolute atomic E-state index is 0.0211. The minimum atomic E-state index is -0.956. The second-order valence-corrected chi connectivity index (χ2v) is 5.86. The van der Waals surface area contributed by atoms with Crippen molar-refractivity contribution in [2.75, 3.05) is 0 Å². The maximum absolute atomic E-state index is 12.4. The molecule has 0 aromatic carbocycles. The summed E-state index contributed by atoms with van der Waals surface area (Å²) in [5.41, 5.74) is 7.45. The summed E-state index contributed by atoms with van der Waals surface area (Å²) >= 11 is 0. The van der Waals surface area contributed by atoms with E-state index in [9.17, 15) is 4.79 Å². The summed E-state index contributed by atoms with van der Waals surface area (Å²) in [5.74, 6) is 0.321. The lowest BCUT2D eigenvalue weighted by Gasteiger charge is -2.26. The Kier molecular flexibility index (Phi) is 4.08. The molecule has 2 aromatic rings. The highest BCUT2D eigenvalue weighted by atomic mass is 16.5. The van der Waals surface area contributed by atoms with Crippen LogP contribution >= 0.6 is 0 Å². The van der Waals surface area contributed by atoms with E-state index in [1.165, 1.54) is 21.9 Å². The summed E-state index contributed by atoms with van der Waals surface area (Å²) in [6.07, 6.45) is 4.43. The van der Waals surface area contributed by atoms with Gasteiger partial charge in [0.15, 0.2) is 11.5 Å². The molecule has 1 saturated heterocycles. The van der Waals surface area contributed by atoms with Gasteiger partial charge in [0.1, 0.15) is 18.9 Å². The number of nitrogens with zero attached hydrogens (tertiary/aromatic N) is 8. The molecule has 126 valence electrons. The van der Waals surface area contributed by atoms with Crippen LogP contribution in [0.1, 0.15) is 33.4 Å². The molecule has 1 aliphatic rings. The highest BCUT2D eigenvalue weighted by Crippen LogP contribution is 2.47. The fourth-order valence-corrected chi connectivity index (χ4v) is 3.11. The van der Waals surface area contributed by atoms with Crippen molar-refractivity contribution in [3.63, 3.8) is 0 Å². The number of aromatic nitrogens is 5. The molecule has 0 radical (unpaired) electrons. The Labute approximate surface area is 137 Å².